The summed E-state index contributed by atoms with van der Waals surface area (Å²) < 4.78 is 0. The van der Waals surface area contributed by atoms with Gasteiger partial charge in [-0.25, -0.2) is 9.78 Å². The molecular weight excluding hydrogens is 208 g/mol. The average Bonchev–Trinajstić information content (AvgIpc) is 2.25. The van der Waals surface area contributed by atoms with Crippen molar-refractivity contribution in [2.75, 3.05) is 0 Å². The zero-order valence-corrected chi connectivity index (χ0v) is 8.43. The third-order valence-electron chi connectivity index (χ3n) is 1.60. The molecule has 1 aromatic rings. The molecule has 0 saturated heterocycles. The van der Waals surface area contributed by atoms with Crippen molar-refractivity contribution in [3.05, 3.63) is 30.1 Å². The first-order chi connectivity index (χ1) is 7.68. The second-order valence-electron chi connectivity index (χ2n) is 2.87. The summed E-state index contributed by atoms with van der Waals surface area (Å²) in [7, 11) is 0. The van der Waals surface area contributed by atoms with Crippen LogP contribution in [0, 0.1) is 11.8 Å². The first-order valence-electron chi connectivity index (χ1n) is 4.61. The van der Waals surface area contributed by atoms with E-state index in [1.165, 1.54) is 0 Å². The van der Waals surface area contributed by atoms with Crippen molar-refractivity contribution in [3.8, 4) is 11.8 Å². The molecule has 1 heterocycles. The number of pyridine rings is 1. The van der Waals surface area contributed by atoms with Crippen LogP contribution in [-0.4, -0.2) is 22.1 Å². The van der Waals surface area contributed by atoms with Gasteiger partial charge in [-0.2, -0.15) is 0 Å². The minimum Gasteiger partial charge on any atom is -0.465 e. The van der Waals surface area contributed by atoms with E-state index < -0.39 is 12.0 Å². The van der Waals surface area contributed by atoms with Crippen molar-refractivity contribution in [2.45, 2.75) is 12.8 Å². The highest BCUT2D eigenvalue weighted by atomic mass is 16.4. The number of nitrogens with one attached hydrogen (secondary N) is 1. The number of hydrogen-bond acceptors (Lipinski definition) is 3. The maximum Gasteiger partial charge on any atom is 0.411 e. The number of imide groups is 1. The molecule has 2 amide bonds. The van der Waals surface area contributed by atoms with Gasteiger partial charge in [-0.15, -0.1) is 0 Å². The fourth-order valence-corrected chi connectivity index (χ4v) is 0.948. The molecule has 1 rings (SSSR count). The van der Waals surface area contributed by atoms with Crippen LogP contribution in [0.25, 0.3) is 0 Å². The van der Waals surface area contributed by atoms with Crippen LogP contribution in [0.1, 0.15) is 18.5 Å². The number of amides is 2. The highest BCUT2D eigenvalue weighted by Gasteiger charge is 2.02. The van der Waals surface area contributed by atoms with E-state index in [-0.39, 0.29) is 6.42 Å². The summed E-state index contributed by atoms with van der Waals surface area (Å²) in [4.78, 5) is 25.0. The van der Waals surface area contributed by atoms with E-state index in [1.54, 1.807) is 23.6 Å². The van der Waals surface area contributed by atoms with Crippen LogP contribution in [0.15, 0.2) is 24.4 Å². The molecule has 0 aliphatic heterocycles. The minimum atomic E-state index is -1.34. The summed E-state index contributed by atoms with van der Waals surface area (Å²) in [6.07, 6.45) is 0.644. The Bertz CT molecular complexity index is 432. The number of carboxylic acid groups (broad SMARTS) is 1. The number of nitrogens with zero attached hydrogens (tertiary/aromatic N) is 1. The lowest BCUT2D eigenvalue weighted by molar-refractivity contribution is -0.120. The van der Waals surface area contributed by atoms with E-state index in [4.69, 9.17) is 5.11 Å². The first-order valence-corrected chi connectivity index (χ1v) is 4.61. The molecule has 0 fully saturated rings. The highest BCUT2D eigenvalue weighted by molar-refractivity contribution is 5.90. The van der Waals surface area contributed by atoms with Gasteiger partial charge in [0.15, 0.2) is 0 Å². The molecule has 5 nitrogen and oxygen atoms in total. The summed E-state index contributed by atoms with van der Waals surface area (Å²) in [5, 5.41) is 9.98. The van der Waals surface area contributed by atoms with Crippen LogP contribution in [0.4, 0.5) is 4.79 Å². The van der Waals surface area contributed by atoms with E-state index in [0.717, 1.165) is 0 Å². The Morgan fingerprint density at radius 2 is 2.25 bits per heavy atom. The van der Waals surface area contributed by atoms with Gasteiger partial charge in [-0.3, -0.25) is 10.1 Å². The Hall–Kier alpha value is -2.35. The summed E-state index contributed by atoms with van der Waals surface area (Å²) in [5.74, 6) is 4.95. The quantitative estimate of drug-likeness (QED) is 0.726. The lowest BCUT2D eigenvalue weighted by Crippen LogP contribution is -2.28. The van der Waals surface area contributed by atoms with Crippen LogP contribution in [0.2, 0.25) is 0 Å². The Labute approximate surface area is 92.5 Å². The van der Waals surface area contributed by atoms with E-state index in [0.29, 0.717) is 12.1 Å². The van der Waals surface area contributed by atoms with Crippen LogP contribution >= 0.6 is 0 Å². The van der Waals surface area contributed by atoms with Gasteiger partial charge in [0.05, 0.1) is 0 Å². The number of aromatic nitrogens is 1. The molecule has 0 radical (unpaired) electrons. The summed E-state index contributed by atoms with van der Waals surface area (Å²) >= 11 is 0. The van der Waals surface area contributed by atoms with Gasteiger partial charge < -0.3 is 5.11 Å². The minimum absolute atomic E-state index is 0.0616. The molecule has 5 heteroatoms. The van der Waals surface area contributed by atoms with Crippen molar-refractivity contribution in [1.82, 2.24) is 10.3 Å². The Balaban J connectivity index is 2.34. The van der Waals surface area contributed by atoms with Gasteiger partial charge in [-0.1, -0.05) is 12.0 Å². The van der Waals surface area contributed by atoms with Crippen LogP contribution in [0.5, 0.6) is 0 Å². The van der Waals surface area contributed by atoms with Gasteiger partial charge >= 0.3 is 6.09 Å². The van der Waals surface area contributed by atoms with Gasteiger partial charge in [0, 0.05) is 19.0 Å². The SMILES string of the molecule is O=C(O)NC(=O)CCC#Cc1ccccn1. The summed E-state index contributed by atoms with van der Waals surface area (Å²) in [6.45, 7) is 0. The van der Waals surface area contributed by atoms with E-state index in [9.17, 15) is 9.59 Å². The second kappa shape index (κ2) is 6.19. The lowest BCUT2D eigenvalue weighted by Gasteiger charge is -1.94. The lowest BCUT2D eigenvalue weighted by atomic mass is 10.3. The Morgan fingerprint density at radius 3 is 2.88 bits per heavy atom. The number of carbonyl (C=O) groups excluding carboxylic acids is 1. The highest BCUT2D eigenvalue weighted by Crippen LogP contribution is 1.91. The molecule has 2 N–H and O–H groups in total. The van der Waals surface area contributed by atoms with Gasteiger partial charge in [0.25, 0.3) is 0 Å². The standard InChI is InChI=1S/C11H10N2O3/c14-10(13-11(15)16)7-2-1-5-9-6-3-4-8-12-9/h3-4,6,8H,2,7H2,(H,13,14)(H,15,16). The van der Waals surface area contributed by atoms with Crippen molar-refractivity contribution < 1.29 is 14.7 Å². The molecule has 82 valence electrons. The van der Waals surface area contributed by atoms with Crippen molar-refractivity contribution in [2.24, 2.45) is 0 Å². The third kappa shape index (κ3) is 4.77. The maximum atomic E-state index is 10.9. The predicted molar refractivity (Wildman–Crippen MR) is 56.5 cm³/mol. The number of hydrogen-bond donors (Lipinski definition) is 2. The first kappa shape index (κ1) is 11.7. The van der Waals surface area contributed by atoms with Crippen molar-refractivity contribution in [1.29, 1.82) is 0 Å². The topological polar surface area (TPSA) is 79.3 Å². The second-order valence-corrected chi connectivity index (χ2v) is 2.87. The fourth-order valence-electron chi connectivity index (χ4n) is 0.948. The predicted octanol–water partition coefficient (Wildman–Crippen LogP) is 1.01. The van der Waals surface area contributed by atoms with Crippen molar-refractivity contribution >= 4 is 12.0 Å². The zero-order valence-electron chi connectivity index (χ0n) is 8.43. The molecule has 0 atom stereocenters. The molecule has 1 aromatic heterocycles. The smallest absolute Gasteiger partial charge is 0.411 e. The zero-order chi connectivity index (χ0) is 11.8. The summed E-state index contributed by atoms with van der Waals surface area (Å²) in [6, 6.07) is 5.35. The molecule has 0 saturated carbocycles. The van der Waals surface area contributed by atoms with E-state index in [1.807, 2.05) is 6.07 Å². The molecule has 16 heavy (non-hydrogen) atoms. The van der Waals surface area contributed by atoms with Crippen LogP contribution in [0.3, 0.4) is 0 Å². The summed E-state index contributed by atoms with van der Waals surface area (Å²) in [5.41, 5.74) is 0.626. The van der Waals surface area contributed by atoms with Crippen LogP contribution < -0.4 is 5.32 Å². The Kier molecular flexibility index (Phi) is 4.54. The number of rotatable bonds is 2. The van der Waals surface area contributed by atoms with Gasteiger partial charge in [-0.05, 0) is 18.1 Å². The maximum absolute atomic E-state index is 10.9. The van der Waals surface area contributed by atoms with Gasteiger partial charge in [0.2, 0.25) is 5.91 Å². The average molecular weight is 218 g/mol. The molecule has 0 aromatic carbocycles. The van der Waals surface area contributed by atoms with Gasteiger partial charge in [0.1, 0.15) is 5.69 Å². The third-order valence-corrected chi connectivity index (χ3v) is 1.60. The molecule has 0 unspecified atom stereocenters. The molecule has 0 spiro atoms. The van der Waals surface area contributed by atoms with Crippen molar-refractivity contribution in [3.63, 3.8) is 0 Å². The monoisotopic (exact) mass is 218 g/mol. The van der Waals surface area contributed by atoms with E-state index in [2.05, 4.69) is 16.8 Å². The Morgan fingerprint density at radius 1 is 1.44 bits per heavy atom. The fraction of sp³-hybridized carbons (Fsp3) is 0.182. The molecule has 0 aliphatic rings. The van der Waals surface area contributed by atoms with Crippen LogP contribution in [-0.2, 0) is 4.79 Å². The molecule has 0 bridgehead atoms. The molecular formula is C11H10N2O3. The number of carbonyl (C=O) groups is 2. The normalized spacial score (nSPS) is 8.75. The largest absolute Gasteiger partial charge is 0.465 e. The molecule has 0 aliphatic carbocycles. The van der Waals surface area contributed by atoms with E-state index >= 15 is 0 Å².